The summed E-state index contributed by atoms with van der Waals surface area (Å²) in [6, 6.07) is 26.1. The summed E-state index contributed by atoms with van der Waals surface area (Å²) in [5, 5.41) is 6.37. The lowest BCUT2D eigenvalue weighted by Crippen LogP contribution is -2.49. The Morgan fingerprint density at radius 1 is 1.02 bits per heavy atom. The van der Waals surface area contributed by atoms with E-state index in [0.717, 1.165) is 11.1 Å². The molecule has 2 atom stereocenters. The summed E-state index contributed by atoms with van der Waals surface area (Å²) in [6.07, 6.45) is 4.61. The van der Waals surface area contributed by atoms with Gasteiger partial charge in [0, 0.05) is 49.8 Å². The van der Waals surface area contributed by atoms with Crippen LogP contribution in [0.2, 0.25) is 0 Å². The van der Waals surface area contributed by atoms with Crippen LogP contribution in [-0.2, 0) is 9.59 Å². The zero-order valence-electron chi connectivity index (χ0n) is 23.7. The number of nitrogens with zero attached hydrogens (tertiary/aromatic N) is 2. The third-order valence-electron chi connectivity index (χ3n) is 7.39. The first-order valence-corrected chi connectivity index (χ1v) is 14.3. The fourth-order valence-electron chi connectivity index (χ4n) is 5.19. The summed E-state index contributed by atoms with van der Waals surface area (Å²) in [6.45, 7) is 1.82. The van der Waals surface area contributed by atoms with Crippen LogP contribution in [0.4, 0.5) is 4.39 Å². The van der Waals surface area contributed by atoms with Crippen molar-refractivity contribution in [1.29, 1.82) is 0 Å². The average Bonchev–Trinajstić information content (AvgIpc) is 3.15. The minimum Gasteiger partial charge on any atom is -0.370 e. The van der Waals surface area contributed by atoms with Crippen LogP contribution in [0.25, 0.3) is 6.08 Å². The van der Waals surface area contributed by atoms with E-state index in [1.165, 1.54) is 18.2 Å². The van der Waals surface area contributed by atoms with Crippen molar-refractivity contribution in [2.45, 2.75) is 37.3 Å². The molecule has 220 valence electrons. The largest absolute Gasteiger partial charge is 0.370 e. The number of nitrogens with one attached hydrogen (secondary N) is 2. The molecule has 1 fully saturated rings. The van der Waals surface area contributed by atoms with Crippen LogP contribution >= 0.6 is 0 Å². The maximum absolute atomic E-state index is 13.9. The van der Waals surface area contributed by atoms with Gasteiger partial charge in [0.2, 0.25) is 11.8 Å². The Hall–Kier alpha value is -4.50. The third-order valence-corrected chi connectivity index (χ3v) is 7.39. The standard InChI is InChI=1S/C33H39FN6O2/c34-29-15-8-7-14-26(29)17-18-31(41)38-22-27-19-21-40(32(42)30(39-27)16-9-20-37-33(35)36)23-28(24-10-3-1-4-11-24)25-12-5-2-6-13-25/h1-8,10-15,17-18,27-28,30,39H,9,16,19-23H2,(H,38,41)(H4,35,36,37)/b18-17+/t27-,30-/m0/s1. The van der Waals surface area contributed by atoms with Crippen LogP contribution in [0, 0.1) is 5.82 Å². The summed E-state index contributed by atoms with van der Waals surface area (Å²) < 4.78 is 13.9. The molecule has 0 aromatic heterocycles. The van der Waals surface area contributed by atoms with Gasteiger partial charge in [-0.3, -0.25) is 14.6 Å². The maximum atomic E-state index is 13.9. The van der Waals surface area contributed by atoms with Crippen molar-refractivity contribution in [2.75, 3.05) is 26.2 Å². The van der Waals surface area contributed by atoms with E-state index in [1.54, 1.807) is 18.2 Å². The van der Waals surface area contributed by atoms with Crippen LogP contribution < -0.4 is 22.1 Å². The minimum atomic E-state index is -0.454. The van der Waals surface area contributed by atoms with Gasteiger partial charge in [-0.1, -0.05) is 78.9 Å². The fraction of sp³-hybridized carbons (Fsp3) is 0.303. The van der Waals surface area contributed by atoms with E-state index >= 15 is 0 Å². The summed E-state index contributed by atoms with van der Waals surface area (Å²) in [5.41, 5.74) is 13.6. The molecule has 0 unspecified atom stereocenters. The van der Waals surface area contributed by atoms with Gasteiger partial charge in [0.25, 0.3) is 0 Å². The molecule has 42 heavy (non-hydrogen) atoms. The molecule has 9 heteroatoms. The van der Waals surface area contributed by atoms with Crippen LogP contribution in [0.1, 0.15) is 41.9 Å². The topological polar surface area (TPSA) is 126 Å². The molecule has 1 saturated heterocycles. The molecule has 8 nitrogen and oxygen atoms in total. The van der Waals surface area contributed by atoms with Crippen molar-refractivity contribution >= 4 is 23.8 Å². The predicted octanol–water partition coefficient (Wildman–Crippen LogP) is 3.40. The van der Waals surface area contributed by atoms with E-state index in [2.05, 4.69) is 39.9 Å². The molecule has 3 aromatic rings. The number of guanidine groups is 1. The molecule has 0 spiro atoms. The van der Waals surface area contributed by atoms with Crippen molar-refractivity contribution in [3.05, 3.63) is 114 Å². The van der Waals surface area contributed by atoms with E-state index in [4.69, 9.17) is 11.5 Å². The molecular weight excluding hydrogens is 531 g/mol. The number of hydrogen-bond donors (Lipinski definition) is 4. The van der Waals surface area contributed by atoms with Gasteiger partial charge >= 0.3 is 0 Å². The lowest BCUT2D eigenvalue weighted by Gasteiger charge is -2.29. The number of benzene rings is 3. The van der Waals surface area contributed by atoms with Gasteiger partial charge in [0.1, 0.15) is 5.82 Å². The van der Waals surface area contributed by atoms with Crippen LogP contribution in [0.5, 0.6) is 0 Å². The summed E-state index contributed by atoms with van der Waals surface area (Å²) in [4.78, 5) is 32.4. The molecule has 1 aliphatic rings. The second kappa shape index (κ2) is 15.5. The molecule has 1 heterocycles. The van der Waals surface area contributed by atoms with Crippen molar-refractivity contribution in [2.24, 2.45) is 16.5 Å². The highest BCUT2D eigenvalue weighted by Crippen LogP contribution is 2.27. The zero-order valence-corrected chi connectivity index (χ0v) is 23.7. The highest BCUT2D eigenvalue weighted by Gasteiger charge is 2.32. The Morgan fingerprint density at radius 2 is 1.67 bits per heavy atom. The number of carbonyl (C=O) groups is 2. The average molecular weight is 571 g/mol. The molecule has 0 aliphatic carbocycles. The van der Waals surface area contributed by atoms with Gasteiger partial charge in [-0.15, -0.1) is 0 Å². The van der Waals surface area contributed by atoms with Crippen molar-refractivity contribution in [3.63, 3.8) is 0 Å². The molecule has 2 amide bonds. The SMILES string of the molecule is NC(N)=NCCC[C@@H]1N[C@H](CNC(=O)/C=C/c2ccccc2F)CCN(CC(c2ccccc2)c2ccccc2)C1=O. The monoisotopic (exact) mass is 570 g/mol. The molecular formula is C33H39FN6O2. The van der Waals surface area contributed by atoms with Gasteiger partial charge in [0.05, 0.1) is 6.04 Å². The van der Waals surface area contributed by atoms with Crippen LogP contribution in [0.3, 0.4) is 0 Å². The minimum absolute atomic E-state index is 0.0124. The van der Waals surface area contributed by atoms with Crippen molar-refractivity contribution < 1.29 is 14.0 Å². The first-order chi connectivity index (χ1) is 20.4. The molecule has 6 N–H and O–H groups in total. The van der Waals surface area contributed by atoms with Gasteiger partial charge in [-0.05, 0) is 42.5 Å². The van der Waals surface area contributed by atoms with Gasteiger partial charge in [-0.2, -0.15) is 0 Å². The van der Waals surface area contributed by atoms with E-state index in [9.17, 15) is 14.0 Å². The number of rotatable bonds is 12. The number of amides is 2. The number of halogens is 1. The Balaban J connectivity index is 1.47. The van der Waals surface area contributed by atoms with E-state index in [-0.39, 0.29) is 29.7 Å². The zero-order chi connectivity index (χ0) is 29.7. The number of nitrogens with two attached hydrogens (primary N) is 2. The lowest BCUT2D eigenvalue weighted by atomic mass is 9.90. The predicted molar refractivity (Wildman–Crippen MR) is 165 cm³/mol. The normalized spacial score (nSPS) is 17.3. The fourth-order valence-corrected chi connectivity index (χ4v) is 5.19. The van der Waals surface area contributed by atoms with Crippen LogP contribution in [-0.4, -0.2) is 60.9 Å². The first kappa shape index (κ1) is 30.5. The Bertz CT molecular complexity index is 1320. The molecule has 0 saturated carbocycles. The highest BCUT2D eigenvalue weighted by molar-refractivity contribution is 5.91. The van der Waals surface area contributed by atoms with E-state index in [0.29, 0.717) is 51.0 Å². The molecule has 4 rings (SSSR count). The summed E-state index contributed by atoms with van der Waals surface area (Å²) >= 11 is 0. The van der Waals surface area contributed by atoms with E-state index < -0.39 is 11.9 Å². The second-order valence-corrected chi connectivity index (χ2v) is 10.4. The quantitative estimate of drug-likeness (QED) is 0.115. The first-order valence-electron chi connectivity index (χ1n) is 14.3. The van der Waals surface area contributed by atoms with Crippen molar-refractivity contribution in [1.82, 2.24) is 15.5 Å². The molecule has 1 aliphatic heterocycles. The molecule has 0 radical (unpaired) electrons. The van der Waals surface area contributed by atoms with Crippen LogP contribution in [0.15, 0.2) is 96.0 Å². The van der Waals surface area contributed by atoms with Gasteiger partial charge in [-0.25, -0.2) is 4.39 Å². The highest BCUT2D eigenvalue weighted by atomic mass is 19.1. The Kier molecular flexibility index (Phi) is 11.2. The number of hydrogen-bond acceptors (Lipinski definition) is 4. The van der Waals surface area contributed by atoms with Gasteiger partial charge < -0.3 is 27.0 Å². The second-order valence-electron chi connectivity index (χ2n) is 10.4. The smallest absolute Gasteiger partial charge is 0.244 e. The lowest BCUT2D eigenvalue weighted by molar-refractivity contribution is -0.133. The number of aliphatic imine (C=N–C) groups is 1. The number of carbonyl (C=O) groups excluding carboxylic acids is 2. The maximum Gasteiger partial charge on any atom is 0.244 e. The molecule has 3 aromatic carbocycles. The van der Waals surface area contributed by atoms with E-state index in [1.807, 2.05) is 41.3 Å². The Labute approximate surface area is 246 Å². The third kappa shape index (κ3) is 9.01. The van der Waals surface area contributed by atoms with Gasteiger partial charge in [0.15, 0.2) is 5.96 Å². The summed E-state index contributed by atoms with van der Waals surface area (Å²) in [5.74, 6) is -0.666. The van der Waals surface area contributed by atoms with Crippen molar-refractivity contribution in [3.8, 4) is 0 Å². The molecule has 0 bridgehead atoms. The Morgan fingerprint density at radius 3 is 2.31 bits per heavy atom. The summed E-state index contributed by atoms with van der Waals surface area (Å²) in [7, 11) is 0.